The minimum absolute atomic E-state index is 0.111. The summed E-state index contributed by atoms with van der Waals surface area (Å²) in [4.78, 5) is 35.3. The van der Waals surface area contributed by atoms with Gasteiger partial charge in [0, 0.05) is 13.1 Å². The quantitative estimate of drug-likeness (QED) is 0.643. The number of nitriles is 1. The number of nitrogens with zero attached hydrogens (tertiary/aromatic N) is 3. The zero-order chi connectivity index (χ0) is 14.3. The number of primary amides is 1. The summed E-state index contributed by atoms with van der Waals surface area (Å²) < 4.78 is 0. The molecule has 1 atom stereocenters. The number of hydrogen-bond donors (Lipinski definition) is 2. The highest BCUT2D eigenvalue weighted by molar-refractivity contribution is 5.86. The lowest BCUT2D eigenvalue weighted by atomic mass is 10.2. The maximum Gasteiger partial charge on any atom is 0.323 e. The van der Waals surface area contributed by atoms with Crippen LogP contribution in [0.15, 0.2) is 0 Å². The number of nitrogens with two attached hydrogens (primary N) is 1. The highest BCUT2D eigenvalue weighted by Crippen LogP contribution is 2.05. The van der Waals surface area contributed by atoms with E-state index in [1.807, 2.05) is 6.07 Å². The van der Waals surface area contributed by atoms with Crippen LogP contribution in [0, 0.1) is 11.3 Å². The maximum absolute atomic E-state index is 11.9. The molecule has 0 aromatic rings. The molecular formula is C10H16N4O4. The van der Waals surface area contributed by atoms with Crippen molar-refractivity contribution in [2.24, 2.45) is 5.73 Å². The predicted molar refractivity (Wildman–Crippen MR) is 61.3 cm³/mol. The third-order valence-corrected chi connectivity index (χ3v) is 2.29. The third kappa shape index (κ3) is 5.16. The molecule has 3 N–H and O–H groups in total. The first-order valence-electron chi connectivity index (χ1n) is 5.18. The minimum Gasteiger partial charge on any atom is -0.480 e. The standard InChI is InChI=1S/C10H16N4O4/c1-7(3-4-11)13(2)10(18)14(5-8(12)15)6-9(16)17/h7H,3,5-6H2,1-2H3,(H2,12,15)(H,16,17). The zero-order valence-corrected chi connectivity index (χ0v) is 10.3. The largest absolute Gasteiger partial charge is 0.480 e. The van der Waals surface area contributed by atoms with E-state index in [0.29, 0.717) is 0 Å². The van der Waals surface area contributed by atoms with Crippen molar-refractivity contribution in [2.45, 2.75) is 19.4 Å². The van der Waals surface area contributed by atoms with Gasteiger partial charge in [0.15, 0.2) is 0 Å². The highest BCUT2D eigenvalue weighted by Gasteiger charge is 2.24. The van der Waals surface area contributed by atoms with Crippen LogP contribution in [0.5, 0.6) is 0 Å². The molecule has 18 heavy (non-hydrogen) atoms. The summed E-state index contributed by atoms with van der Waals surface area (Å²) in [5.74, 6) is -2.04. The van der Waals surface area contributed by atoms with Gasteiger partial charge in [-0.2, -0.15) is 5.26 Å². The van der Waals surface area contributed by atoms with Crippen LogP contribution in [-0.4, -0.2) is 59.0 Å². The average molecular weight is 256 g/mol. The lowest BCUT2D eigenvalue weighted by Crippen LogP contribution is -2.49. The van der Waals surface area contributed by atoms with Crippen molar-refractivity contribution in [3.05, 3.63) is 0 Å². The summed E-state index contributed by atoms with van der Waals surface area (Å²) in [7, 11) is 1.43. The Morgan fingerprint density at radius 3 is 2.33 bits per heavy atom. The van der Waals surface area contributed by atoms with Crippen molar-refractivity contribution in [3.8, 4) is 6.07 Å². The molecule has 8 heteroatoms. The first kappa shape index (κ1) is 15.7. The normalized spacial score (nSPS) is 11.2. The van der Waals surface area contributed by atoms with E-state index in [1.165, 1.54) is 11.9 Å². The lowest BCUT2D eigenvalue weighted by Gasteiger charge is -2.29. The van der Waals surface area contributed by atoms with Crippen molar-refractivity contribution >= 4 is 17.9 Å². The number of amides is 3. The highest BCUT2D eigenvalue weighted by atomic mass is 16.4. The van der Waals surface area contributed by atoms with Gasteiger partial charge in [0.1, 0.15) is 13.1 Å². The van der Waals surface area contributed by atoms with E-state index in [9.17, 15) is 14.4 Å². The second kappa shape index (κ2) is 7.11. The molecule has 0 saturated heterocycles. The molecule has 0 spiro atoms. The number of rotatable bonds is 6. The monoisotopic (exact) mass is 256 g/mol. The smallest absolute Gasteiger partial charge is 0.323 e. The fourth-order valence-corrected chi connectivity index (χ4v) is 1.22. The Balaban J connectivity index is 4.78. The number of carbonyl (C=O) groups excluding carboxylic acids is 2. The molecule has 0 bridgehead atoms. The van der Waals surface area contributed by atoms with E-state index in [1.54, 1.807) is 6.92 Å². The average Bonchev–Trinajstić information content (AvgIpc) is 2.25. The maximum atomic E-state index is 11.9. The first-order chi connectivity index (χ1) is 8.29. The number of aliphatic carboxylic acids is 1. The van der Waals surface area contributed by atoms with Crippen molar-refractivity contribution in [1.82, 2.24) is 9.80 Å². The number of carboxylic acid groups (broad SMARTS) is 1. The molecule has 0 aliphatic rings. The summed E-state index contributed by atoms with van der Waals surface area (Å²) in [6.07, 6.45) is 0.111. The fourth-order valence-electron chi connectivity index (χ4n) is 1.22. The van der Waals surface area contributed by atoms with E-state index < -0.39 is 31.0 Å². The van der Waals surface area contributed by atoms with E-state index in [0.717, 1.165) is 4.90 Å². The molecule has 0 rings (SSSR count). The Bertz CT molecular complexity index is 361. The molecular weight excluding hydrogens is 240 g/mol. The van der Waals surface area contributed by atoms with Gasteiger partial charge in [0.25, 0.3) is 0 Å². The van der Waals surface area contributed by atoms with Crippen LogP contribution in [-0.2, 0) is 9.59 Å². The lowest BCUT2D eigenvalue weighted by molar-refractivity contribution is -0.138. The van der Waals surface area contributed by atoms with Crippen molar-refractivity contribution in [3.63, 3.8) is 0 Å². The second-order valence-electron chi connectivity index (χ2n) is 3.82. The topological polar surface area (TPSA) is 128 Å². The molecule has 0 aliphatic carbocycles. The van der Waals surface area contributed by atoms with Crippen LogP contribution < -0.4 is 5.73 Å². The SMILES string of the molecule is CC(CC#N)N(C)C(=O)N(CC(N)=O)CC(=O)O. The summed E-state index contributed by atoms with van der Waals surface area (Å²) in [5, 5.41) is 17.2. The Morgan fingerprint density at radius 2 is 1.94 bits per heavy atom. The number of carboxylic acids is 1. The number of carbonyl (C=O) groups is 3. The molecule has 8 nitrogen and oxygen atoms in total. The van der Waals surface area contributed by atoms with E-state index in [-0.39, 0.29) is 12.5 Å². The molecule has 0 aromatic heterocycles. The first-order valence-corrected chi connectivity index (χ1v) is 5.18. The van der Waals surface area contributed by atoms with Gasteiger partial charge in [-0.25, -0.2) is 4.79 Å². The van der Waals surface area contributed by atoms with Gasteiger partial charge in [-0.05, 0) is 6.92 Å². The van der Waals surface area contributed by atoms with Crippen molar-refractivity contribution in [2.75, 3.05) is 20.1 Å². The van der Waals surface area contributed by atoms with Gasteiger partial charge in [0.2, 0.25) is 5.91 Å². The molecule has 0 saturated carbocycles. The molecule has 0 aliphatic heterocycles. The molecule has 0 fully saturated rings. The van der Waals surface area contributed by atoms with Crippen LogP contribution in [0.2, 0.25) is 0 Å². The van der Waals surface area contributed by atoms with Gasteiger partial charge in [-0.3, -0.25) is 9.59 Å². The number of hydrogen-bond acceptors (Lipinski definition) is 4. The van der Waals surface area contributed by atoms with Gasteiger partial charge in [-0.1, -0.05) is 0 Å². The molecule has 1 unspecified atom stereocenters. The Labute approximate surface area is 105 Å². The van der Waals surface area contributed by atoms with Gasteiger partial charge in [0.05, 0.1) is 12.5 Å². The molecule has 0 radical (unpaired) electrons. The predicted octanol–water partition coefficient (Wildman–Crippen LogP) is -0.788. The van der Waals surface area contributed by atoms with E-state index >= 15 is 0 Å². The van der Waals surface area contributed by atoms with Gasteiger partial charge < -0.3 is 20.6 Å². The van der Waals surface area contributed by atoms with Crippen LogP contribution in [0.3, 0.4) is 0 Å². The molecule has 3 amide bonds. The fraction of sp³-hybridized carbons (Fsp3) is 0.600. The van der Waals surface area contributed by atoms with E-state index in [4.69, 9.17) is 16.1 Å². The Kier molecular flexibility index (Phi) is 6.20. The third-order valence-electron chi connectivity index (χ3n) is 2.29. The van der Waals surface area contributed by atoms with E-state index in [2.05, 4.69) is 0 Å². The molecule has 0 heterocycles. The molecule has 100 valence electrons. The molecule has 0 aromatic carbocycles. The van der Waals surface area contributed by atoms with Crippen LogP contribution in [0.1, 0.15) is 13.3 Å². The van der Waals surface area contributed by atoms with Gasteiger partial charge in [-0.15, -0.1) is 0 Å². The van der Waals surface area contributed by atoms with Crippen molar-refractivity contribution in [1.29, 1.82) is 5.26 Å². The zero-order valence-electron chi connectivity index (χ0n) is 10.3. The summed E-state index contributed by atoms with van der Waals surface area (Å²) in [5.41, 5.74) is 4.95. The van der Waals surface area contributed by atoms with Crippen LogP contribution in [0.4, 0.5) is 4.79 Å². The van der Waals surface area contributed by atoms with Crippen LogP contribution in [0.25, 0.3) is 0 Å². The minimum atomic E-state index is -1.24. The summed E-state index contributed by atoms with van der Waals surface area (Å²) in [6, 6.07) is 0.867. The summed E-state index contributed by atoms with van der Waals surface area (Å²) >= 11 is 0. The van der Waals surface area contributed by atoms with Crippen molar-refractivity contribution < 1.29 is 19.5 Å². The summed E-state index contributed by atoms with van der Waals surface area (Å²) in [6.45, 7) is 0.546. The van der Waals surface area contributed by atoms with Crippen LogP contribution >= 0.6 is 0 Å². The Hall–Kier alpha value is -2.30. The Morgan fingerprint density at radius 1 is 1.39 bits per heavy atom. The number of urea groups is 1. The van der Waals surface area contributed by atoms with Gasteiger partial charge >= 0.3 is 12.0 Å². The second-order valence-corrected chi connectivity index (χ2v) is 3.82.